The number of nitrogens with two attached hydrogens (primary N) is 1. The molecule has 3 N–H and O–H groups in total. The summed E-state index contributed by atoms with van der Waals surface area (Å²) >= 11 is 0. The predicted molar refractivity (Wildman–Crippen MR) is 55.7 cm³/mol. The first-order valence-corrected chi connectivity index (χ1v) is 4.54. The lowest BCUT2D eigenvalue weighted by molar-refractivity contribution is 0.454. The number of hydrogen-bond acceptors (Lipinski definition) is 4. The molecule has 2 rings (SSSR count). The van der Waals surface area contributed by atoms with Crippen LogP contribution >= 0.6 is 0 Å². The molecule has 0 saturated carbocycles. The van der Waals surface area contributed by atoms with Gasteiger partial charge < -0.3 is 10.5 Å². The molecular formula is C10H7F2N3O2. The van der Waals surface area contributed by atoms with Gasteiger partial charge in [0.25, 0.3) is 5.56 Å². The summed E-state index contributed by atoms with van der Waals surface area (Å²) in [4.78, 5) is 17.1. The Bertz CT molecular complexity index is 613. The van der Waals surface area contributed by atoms with Gasteiger partial charge in [-0.25, -0.2) is 13.8 Å². The molecule has 7 heteroatoms. The van der Waals surface area contributed by atoms with E-state index in [1.54, 1.807) is 0 Å². The third-order valence-corrected chi connectivity index (χ3v) is 1.91. The van der Waals surface area contributed by atoms with Gasteiger partial charge in [0.2, 0.25) is 5.75 Å². The molecule has 0 aliphatic rings. The number of anilines is 1. The Labute approximate surface area is 93.9 Å². The summed E-state index contributed by atoms with van der Waals surface area (Å²) in [6.45, 7) is 0. The molecule has 1 heterocycles. The van der Waals surface area contributed by atoms with Crippen molar-refractivity contribution in [1.29, 1.82) is 0 Å². The van der Waals surface area contributed by atoms with E-state index in [1.807, 2.05) is 0 Å². The molecule has 1 aromatic heterocycles. The summed E-state index contributed by atoms with van der Waals surface area (Å²) in [7, 11) is 0. The molecule has 0 unspecified atom stereocenters. The van der Waals surface area contributed by atoms with Crippen LogP contribution in [0.15, 0.2) is 29.2 Å². The lowest BCUT2D eigenvalue weighted by Crippen LogP contribution is -2.12. The Kier molecular flexibility index (Phi) is 2.73. The van der Waals surface area contributed by atoms with E-state index in [9.17, 15) is 13.6 Å². The second-order valence-electron chi connectivity index (χ2n) is 3.14. The maximum Gasteiger partial charge on any atom is 0.295 e. The number of aromatic nitrogens is 2. The standard InChI is InChI=1S/C10H7F2N3O2/c11-6-2-1-5(3-7(6)12)17-8-4-14-10(13)15-9(8)16/h1-4H,(H3,13,14,15,16). The fraction of sp³-hybridized carbons (Fsp3) is 0. The van der Waals surface area contributed by atoms with Gasteiger partial charge in [-0.05, 0) is 12.1 Å². The van der Waals surface area contributed by atoms with E-state index in [-0.39, 0.29) is 17.4 Å². The van der Waals surface area contributed by atoms with Gasteiger partial charge in [0, 0.05) is 6.07 Å². The number of rotatable bonds is 2. The Morgan fingerprint density at radius 1 is 1.29 bits per heavy atom. The number of ether oxygens (including phenoxy) is 1. The van der Waals surface area contributed by atoms with Gasteiger partial charge in [0.15, 0.2) is 17.6 Å². The van der Waals surface area contributed by atoms with E-state index in [4.69, 9.17) is 10.5 Å². The molecule has 0 bridgehead atoms. The number of nitrogens with one attached hydrogen (secondary N) is 1. The van der Waals surface area contributed by atoms with Gasteiger partial charge in [0.05, 0.1) is 6.20 Å². The highest BCUT2D eigenvalue weighted by atomic mass is 19.2. The van der Waals surface area contributed by atoms with Crippen LogP contribution in [0.4, 0.5) is 14.7 Å². The van der Waals surface area contributed by atoms with Crippen molar-refractivity contribution in [2.75, 3.05) is 5.73 Å². The van der Waals surface area contributed by atoms with Crippen molar-refractivity contribution < 1.29 is 13.5 Å². The van der Waals surface area contributed by atoms with Crippen LogP contribution in [-0.2, 0) is 0 Å². The number of halogens is 2. The molecule has 0 radical (unpaired) electrons. The maximum absolute atomic E-state index is 12.9. The van der Waals surface area contributed by atoms with Gasteiger partial charge in [-0.2, -0.15) is 0 Å². The van der Waals surface area contributed by atoms with Crippen LogP contribution in [0, 0.1) is 11.6 Å². The molecule has 0 amide bonds. The smallest absolute Gasteiger partial charge is 0.295 e. The summed E-state index contributed by atoms with van der Waals surface area (Å²) in [6, 6.07) is 2.91. The van der Waals surface area contributed by atoms with Crippen LogP contribution in [0.25, 0.3) is 0 Å². The lowest BCUT2D eigenvalue weighted by Gasteiger charge is -2.04. The van der Waals surface area contributed by atoms with E-state index < -0.39 is 17.2 Å². The second-order valence-corrected chi connectivity index (χ2v) is 3.14. The van der Waals surface area contributed by atoms with E-state index in [0.717, 1.165) is 18.3 Å². The quantitative estimate of drug-likeness (QED) is 0.830. The number of nitrogen functional groups attached to an aromatic ring is 1. The maximum atomic E-state index is 12.9. The molecule has 2 aromatic rings. The number of aromatic amines is 1. The van der Waals surface area contributed by atoms with E-state index in [0.29, 0.717) is 0 Å². The average Bonchev–Trinajstić information content (AvgIpc) is 2.27. The fourth-order valence-electron chi connectivity index (χ4n) is 1.14. The van der Waals surface area contributed by atoms with Crippen molar-refractivity contribution >= 4 is 5.95 Å². The van der Waals surface area contributed by atoms with Crippen LogP contribution in [0.3, 0.4) is 0 Å². The zero-order chi connectivity index (χ0) is 12.4. The molecule has 88 valence electrons. The van der Waals surface area contributed by atoms with Gasteiger partial charge in [0.1, 0.15) is 5.75 Å². The van der Waals surface area contributed by atoms with Crippen molar-refractivity contribution in [2.45, 2.75) is 0 Å². The van der Waals surface area contributed by atoms with Crippen molar-refractivity contribution in [1.82, 2.24) is 9.97 Å². The number of H-pyrrole nitrogens is 1. The number of hydrogen-bond donors (Lipinski definition) is 2. The van der Waals surface area contributed by atoms with Gasteiger partial charge in [-0.3, -0.25) is 9.78 Å². The topological polar surface area (TPSA) is 81.0 Å². The van der Waals surface area contributed by atoms with Gasteiger partial charge in [-0.1, -0.05) is 0 Å². The minimum absolute atomic E-state index is 0.0130. The van der Waals surface area contributed by atoms with Gasteiger partial charge in [-0.15, -0.1) is 0 Å². The van der Waals surface area contributed by atoms with E-state index in [2.05, 4.69) is 9.97 Å². The van der Waals surface area contributed by atoms with E-state index in [1.165, 1.54) is 6.07 Å². The van der Waals surface area contributed by atoms with Crippen LogP contribution in [0.1, 0.15) is 0 Å². The van der Waals surface area contributed by atoms with Crippen LogP contribution in [0.5, 0.6) is 11.5 Å². The predicted octanol–water partition coefficient (Wildman–Crippen LogP) is 1.42. The highest BCUT2D eigenvalue weighted by molar-refractivity contribution is 5.30. The van der Waals surface area contributed by atoms with Crippen LogP contribution in [-0.4, -0.2) is 9.97 Å². The lowest BCUT2D eigenvalue weighted by atomic mass is 10.3. The van der Waals surface area contributed by atoms with Crippen molar-refractivity contribution in [3.8, 4) is 11.5 Å². The third-order valence-electron chi connectivity index (χ3n) is 1.91. The molecule has 0 aliphatic carbocycles. The van der Waals surface area contributed by atoms with Crippen molar-refractivity contribution in [2.24, 2.45) is 0 Å². The molecule has 0 atom stereocenters. The monoisotopic (exact) mass is 239 g/mol. The van der Waals surface area contributed by atoms with Crippen molar-refractivity contribution in [3.63, 3.8) is 0 Å². The summed E-state index contributed by atoms with van der Waals surface area (Å²) in [6.07, 6.45) is 1.09. The molecule has 0 saturated heterocycles. The van der Waals surface area contributed by atoms with Gasteiger partial charge >= 0.3 is 0 Å². The Morgan fingerprint density at radius 3 is 2.71 bits per heavy atom. The first-order valence-electron chi connectivity index (χ1n) is 4.54. The number of nitrogens with zero attached hydrogens (tertiary/aromatic N) is 1. The normalized spacial score (nSPS) is 10.2. The Morgan fingerprint density at radius 2 is 2.06 bits per heavy atom. The largest absolute Gasteiger partial charge is 0.450 e. The summed E-state index contributed by atoms with van der Waals surface area (Å²) in [5.74, 6) is -2.30. The van der Waals surface area contributed by atoms with Crippen molar-refractivity contribution in [3.05, 3.63) is 46.4 Å². The molecule has 0 spiro atoms. The highest BCUT2D eigenvalue weighted by Gasteiger charge is 2.07. The van der Waals surface area contributed by atoms with E-state index >= 15 is 0 Å². The molecular weight excluding hydrogens is 232 g/mol. The summed E-state index contributed by atoms with van der Waals surface area (Å²) in [5.41, 5.74) is 4.62. The minimum atomic E-state index is -1.07. The first kappa shape index (κ1) is 11.1. The Hall–Kier alpha value is -2.44. The highest BCUT2D eigenvalue weighted by Crippen LogP contribution is 2.19. The zero-order valence-electron chi connectivity index (χ0n) is 8.41. The molecule has 17 heavy (non-hydrogen) atoms. The molecule has 0 fully saturated rings. The SMILES string of the molecule is Nc1ncc(Oc2ccc(F)c(F)c2)c(=O)[nH]1. The zero-order valence-corrected chi connectivity index (χ0v) is 8.41. The first-order chi connectivity index (χ1) is 8.06. The molecule has 1 aromatic carbocycles. The van der Waals surface area contributed by atoms with Crippen LogP contribution in [0.2, 0.25) is 0 Å². The second kappa shape index (κ2) is 4.20. The minimum Gasteiger partial charge on any atom is -0.450 e. The molecule has 5 nitrogen and oxygen atoms in total. The summed E-state index contributed by atoms with van der Waals surface area (Å²) < 4.78 is 30.5. The van der Waals surface area contributed by atoms with Crippen LogP contribution < -0.4 is 16.0 Å². The average molecular weight is 239 g/mol. The number of benzene rings is 1. The summed E-state index contributed by atoms with van der Waals surface area (Å²) in [5, 5.41) is 0. The Balaban J connectivity index is 2.31. The molecule has 0 aliphatic heterocycles. The fourth-order valence-corrected chi connectivity index (χ4v) is 1.14. The third kappa shape index (κ3) is 2.39.